The van der Waals surface area contributed by atoms with Gasteiger partial charge in [0.2, 0.25) is 5.91 Å². The number of anilines is 2. The van der Waals surface area contributed by atoms with Gasteiger partial charge in [-0.1, -0.05) is 6.07 Å². The molecule has 2 N–H and O–H groups in total. The number of rotatable bonds is 7. The maximum atomic E-state index is 11.8. The summed E-state index contributed by atoms with van der Waals surface area (Å²) in [6.07, 6.45) is 1.31. The van der Waals surface area contributed by atoms with E-state index in [9.17, 15) is 9.59 Å². The first-order chi connectivity index (χ1) is 10.1. The number of amides is 2. The first-order valence-electron chi connectivity index (χ1n) is 6.43. The highest BCUT2D eigenvalue weighted by Gasteiger charge is 2.11. The Kier molecular flexibility index (Phi) is 7.63. The molecular weight excluding hydrogens is 292 g/mol. The van der Waals surface area contributed by atoms with Crippen molar-refractivity contribution in [2.75, 3.05) is 37.2 Å². The highest BCUT2D eigenvalue weighted by atomic mass is 32.2. The molecule has 0 saturated carbocycles. The summed E-state index contributed by atoms with van der Waals surface area (Å²) in [6.45, 7) is 2.36. The lowest BCUT2D eigenvalue weighted by molar-refractivity contribution is -0.115. The van der Waals surface area contributed by atoms with Crippen molar-refractivity contribution in [1.29, 1.82) is 0 Å². The van der Waals surface area contributed by atoms with Crippen LogP contribution in [-0.2, 0) is 14.3 Å². The molecule has 0 bridgehead atoms. The van der Waals surface area contributed by atoms with E-state index in [1.807, 2.05) is 13.2 Å². The first-order valence-corrected chi connectivity index (χ1v) is 7.72. The van der Waals surface area contributed by atoms with Crippen LogP contribution < -0.4 is 10.6 Å². The molecule has 21 heavy (non-hydrogen) atoms. The fourth-order valence-electron chi connectivity index (χ4n) is 1.40. The Bertz CT molecular complexity index is 482. The lowest BCUT2D eigenvalue weighted by Crippen LogP contribution is -2.22. The second-order valence-corrected chi connectivity index (χ2v) is 5.38. The number of carbonyl (C=O) groups excluding carboxylic acids is 2. The number of hydrogen-bond acceptors (Lipinski definition) is 5. The zero-order valence-corrected chi connectivity index (χ0v) is 13.2. The second kappa shape index (κ2) is 9.25. The van der Waals surface area contributed by atoms with E-state index < -0.39 is 6.09 Å². The summed E-state index contributed by atoms with van der Waals surface area (Å²) in [4.78, 5) is 23.3. The number of nitrogens with one attached hydrogen (secondary N) is 2. The smallest absolute Gasteiger partial charge is 0.411 e. The lowest BCUT2D eigenvalue weighted by atomic mass is 10.2. The van der Waals surface area contributed by atoms with Gasteiger partial charge in [-0.25, -0.2) is 4.79 Å². The number of carbonyl (C=O) groups is 2. The Balaban J connectivity index is 2.56. The topological polar surface area (TPSA) is 76.7 Å². The van der Waals surface area contributed by atoms with Crippen LogP contribution in [0.2, 0.25) is 0 Å². The predicted octanol–water partition coefficient (Wildman–Crippen LogP) is 2.57. The molecule has 0 aliphatic heterocycles. The highest BCUT2D eigenvalue weighted by molar-refractivity contribution is 7.99. The third-order valence-electron chi connectivity index (χ3n) is 2.62. The van der Waals surface area contributed by atoms with Crippen LogP contribution in [-0.4, -0.2) is 43.8 Å². The van der Waals surface area contributed by atoms with Crippen molar-refractivity contribution in [2.45, 2.75) is 12.2 Å². The van der Waals surface area contributed by atoms with Gasteiger partial charge in [-0.2, -0.15) is 11.8 Å². The van der Waals surface area contributed by atoms with Crippen molar-refractivity contribution >= 4 is 35.1 Å². The Labute approximate surface area is 128 Å². The van der Waals surface area contributed by atoms with Gasteiger partial charge in [0, 0.05) is 18.5 Å². The van der Waals surface area contributed by atoms with E-state index in [1.165, 1.54) is 18.9 Å². The van der Waals surface area contributed by atoms with E-state index in [0.717, 1.165) is 0 Å². The van der Waals surface area contributed by atoms with Crippen molar-refractivity contribution in [2.24, 2.45) is 0 Å². The van der Waals surface area contributed by atoms with Crippen LogP contribution in [0, 0.1) is 0 Å². The van der Waals surface area contributed by atoms with E-state index in [2.05, 4.69) is 10.6 Å². The maximum Gasteiger partial charge on any atom is 0.411 e. The van der Waals surface area contributed by atoms with Crippen LogP contribution >= 0.6 is 11.8 Å². The van der Waals surface area contributed by atoms with Gasteiger partial charge >= 0.3 is 6.09 Å². The largest absolute Gasteiger partial charge is 0.447 e. The molecule has 7 heteroatoms. The predicted molar refractivity (Wildman–Crippen MR) is 84.9 cm³/mol. The summed E-state index contributed by atoms with van der Waals surface area (Å²) in [5, 5.41) is 5.23. The van der Waals surface area contributed by atoms with Gasteiger partial charge in [0.25, 0.3) is 0 Å². The van der Waals surface area contributed by atoms with Gasteiger partial charge in [-0.15, -0.1) is 0 Å². The molecule has 1 aromatic carbocycles. The van der Waals surface area contributed by atoms with Gasteiger partial charge in [-0.3, -0.25) is 10.1 Å². The average molecular weight is 312 g/mol. The molecule has 0 aliphatic carbocycles. The second-order valence-electron chi connectivity index (χ2n) is 4.20. The quantitative estimate of drug-likeness (QED) is 0.757. The van der Waals surface area contributed by atoms with Crippen LogP contribution in [0.25, 0.3) is 0 Å². The zero-order chi connectivity index (χ0) is 15.7. The Hall–Kier alpha value is -1.73. The van der Waals surface area contributed by atoms with Gasteiger partial charge in [0.1, 0.15) is 6.61 Å². The highest BCUT2D eigenvalue weighted by Crippen LogP contribution is 2.17. The molecule has 0 aliphatic rings. The van der Waals surface area contributed by atoms with E-state index in [-0.39, 0.29) is 17.8 Å². The molecule has 1 rings (SSSR count). The summed E-state index contributed by atoms with van der Waals surface area (Å²) >= 11 is 1.46. The molecule has 0 heterocycles. The van der Waals surface area contributed by atoms with E-state index >= 15 is 0 Å². The molecular formula is C14H20N2O4S. The minimum absolute atomic E-state index is 0.0812. The van der Waals surface area contributed by atoms with E-state index in [1.54, 1.807) is 24.3 Å². The Morgan fingerprint density at radius 1 is 1.24 bits per heavy atom. The molecule has 116 valence electrons. The standard InChI is InChI=1S/C14H20N2O4S/c1-10(21-3)13(17)15-11-5-4-6-12(9-11)16-14(18)20-8-7-19-2/h4-6,9-10H,7-8H2,1-3H3,(H,15,17)(H,16,18). The molecule has 0 saturated heterocycles. The summed E-state index contributed by atoms with van der Waals surface area (Å²) in [5.41, 5.74) is 1.17. The third kappa shape index (κ3) is 6.50. The van der Waals surface area contributed by atoms with Crippen LogP contribution in [0.4, 0.5) is 16.2 Å². The van der Waals surface area contributed by atoms with Crippen LogP contribution in [0.3, 0.4) is 0 Å². The summed E-state index contributed by atoms with van der Waals surface area (Å²) in [7, 11) is 1.53. The SMILES string of the molecule is COCCOC(=O)Nc1cccc(NC(=O)C(C)SC)c1. The fourth-order valence-corrected chi connectivity index (χ4v) is 1.67. The van der Waals surface area contributed by atoms with Gasteiger partial charge in [-0.05, 0) is 31.4 Å². The van der Waals surface area contributed by atoms with Crippen LogP contribution in [0.15, 0.2) is 24.3 Å². The lowest BCUT2D eigenvalue weighted by Gasteiger charge is -2.11. The number of thioether (sulfide) groups is 1. The number of hydrogen-bond donors (Lipinski definition) is 2. The summed E-state index contributed by atoms with van der Waals surface area (Å²) in [6, 6.07) is 6.88. The first kappa shape index (κ1) is 17.3. The molecule has 1 unspecified atom stereocenters. The molecule has 6 nitrogen and oxygen atoms in total. The Morgan fingerprint density at radius 3 is 2.52 bits per heavy atom. The third-order valence-corrected chi connectivity index (χ3v) is 3.54. The summed E-state index contributed by atoms with van der Waals surface area (Å²) in [5.74, 6) is -0.0812. The van der Waals surface area contributed by atoms with Gasteiger partial charge in [0.15, 0.2) is 0 Å². The monoisotopic (exact) mass is 312 g/mol. The van der Waals surface area contributed by atoms with Gasteiger partial charge < -0.3 is 14.8 Å². The van der Waals surface area contributed by atoms with Crippen LogP contribution in [0.1, 0.15) is 6.92 Å². The molecule has 0 fully saturated rings. The minimum Gasteiger partial charge on any atom is -0.447 e. The number of ether oxygens (including phenoxy) is 2. The molecule has 1 atom stereocenters. The normalized spacial score (nSPS) is 11.6. The van der Waals surface area contributed by atoms with E-state index in [0.29, 0.717) is 18.0 Å². The summed E-state index contributed by atoms with van der Waals surface area (Å²) < 4.78 is 9.68. The van der Waals surface area contributed by atoms with Crippen molar-refractivity contribution in [3.63, 3.8) is 0 Å². The molecule has 1 aromatic rings. The van der Waals surface area contributed by atoms with Crippen molar-refractivity contribution in [1.82, 2.24) is 0 Å². The zero-order valence-electron chi connectivity index (χ0n) is 12.3. The Morgan fingerprint density at radius 2 is 1.90 bits per heavy atom. The number of methoxy groups -OCH3 is 1. The number of benzene rings is 1. The molecule has 0 aromatic heterocycles. The van der Waals surface area contributed by atoms with Gasteiger partial charge in [0.05, 0.1) is 11.9 Å². The molecule has 0 radical (unpaired) electrons. The van der Waals surface area contributed by atoms with E-state index in [4.69, 9.17) is 9.47 Å². The fraction of sp³-hybridized carbons (Fsp3) is 0.429. The van der Waals surface area contributed by atoms with Crippen molar-refractivity contribution < 1.29 is 19.1 Å². The minimum atomic E-state index is -0.562. The van der Waals surface area contributed by atoms with Crippen LogP contribution in [0.5, 0.6) is 0 Å². The molecule has 2 amide bonds. The maximum absolute atomic E-state index is 11.8. The van der Waals surface area contributed by atoms with Crippen molar-refractivity contribution in [3.8, 4) is 0 Å². The molecule has 0 spiro atoms. The van der Waals surface area contributed by atoms with Crippen molar-refractivity contribution in [3.05, 3.63) is 24.3 Å². The average Bonchev–Trinajstić information content (AvgIpc) is 2.47.